The molecule has 1 amide bonds. The lowest BCUT2D eigenvalue weighted by Gasteiger charge is -2.20. The van der Waals surface area contributed by atoms with Gasteiger partial charge in [0.25, 0.3) is 0 Å². The number of methoxy groups -OCH3 is 2. The fraction of sp³-hybridized carbons (Fsp3) is 0.240. The lowest BCUT2D eigenvalue weighted by Crippen LogP contribution is -2.45. The maximum Gasteiger partial charge on any atom is 0.242 e. The largest absolute Gasteiger partial charge is 0.493 e. The van der Waals surface area contributed by atoms with Gasteiger partial charge in [0.2, 0.25) is 15.9 Å². The monoisotopic (exact) mass is 468 g/mol. The fourth-order valence-corrected chi connectivity index (χ4v) is 4.66. The number of anilines is 1. The third-order valence-corrected chi connectivity index (χ3v) is 6.67. The van der Waals surface area contributed by atoms with Crippen molar-refractivity contribution in [3.05, 3.63) is 83.4 Å². The molecule has 8 heteroatoms. The summed E-state index contributed by atoms with van der Waals surface area (Å²) in [6.07, 6.45) is 0.185. The molecule has 0 aliphatic heterocycles. The smallest absolute Gasteiger partial charge is 0.242 e. The average Bonchev–Trinajstić information content (AvgIpc) is 2.80. The molecular weight excluding hydrogens is 440 g/mol. The van der Waals surface area contributed by atoms with E-state index in [1.807, 2.05) is 62.4 Å². The van der Waals surface area contributed by atoms with Gasteiger partial charge in [0.05, 0.1) is 19.1 Å². The highest BCUT2D eigenvalue weighted by molar-refractivity contribution is 7.89. The van der Waals surface area contributed by atoms with Gasteiger partial charge in [-0.15, -0.1) is 0 Å². The molecule has 0 radical (unpaired) electrons. The molecular formula is C25H28N2O5S. The summed E-state index contributed by atoms with van der Waals surface area (Å²) in [7, 11) is -1.14. The molecule has 33 heavy (non-hydrogen) atoms. The summed E-state index contributed by atoms with van der Waals surface area (Å²) in [5, 5.41) is 2.86. The van der Waals surface area contributed by atoms with E-state index >= 15 is 0 Å². The first kappa shape index (κ1) is 24.3. The van der Waals surface area contributed by atoms with Crippen LogP contribution in [0.3, 0.4) is 0 Å². The van der Waals surface area contributed by atoms with Crippen LogP contribution in [0, 0.1) is 13.8 Å². The van der Waals surface area contributed by atoms with Crippen molar-refractivity contribution < 1.29 is 22.7 Å². The first-order chi connectivity index (χ1) is 15.7. The lowest BCUT2D eigenvalue weighted by molar-refractivity contribution is -0.117. The number of hydrogen-bond donors (Lipinski definition) is 2. The number of amides is 1. The molecule has 2 N–H and O–H groups in total. The zero-order valence-corrected chi connectivity index (χ0v) is 19.9. The Kier molecular flexibility index (Phi) is 7.73. The SMILES string of the molecule is COc1ccc(S(=O)(=O)N[C@H](Cc2ccccc2)C(=O)Nc2ccc(C)cc2C)cc1OC. The number of aryl methyl sites for hydroxylation is 2. The van der Waals surface area contributed by atoms with Crippen molar-refractivity contribution in [1.82, 2.24) is 4.72 Å². The van der Waals surface area contributed by atoms with Gasteiger partial charge in [0.15, 0.2) is 11.5 Å². The van der Waals surface area contributed by atoms with Crippen molar-refractivity contribution in [1.29, 1.82) is 0 Å². The molecule has 0 heterocycles. The number of benzene rings is 3. The summed E-state index contributed by atoms with van der Waals surface area (Å²) in [6, 6.07) is 18.2. The number of nitrogens with one attached hydrogen (secondary N) is 2. The van der Waals surface area contributed by atoms with Gasteiger partial charge in [0.1, 0.15) is 6.04 Å². The highest BCUT2D eigenvalue weighted by atomic mass is 32.2. The van der Waals surface area contributed by atoms with Gasteiger partial charge in [0, 0.05) is 11.8 Å². The standard InChI is InChI=1S/C25H28N2O5S/c1-17-10-12-21(18(2)14-17)26-25(28)22(15-19-8-6-5-7-9-19)27-33(29,30)20-11-13-23(31-3)24(16-20)32-4/h5-14,16,22,27H,15H2,1-4H3,(H,26,28)/t22-/m1/s1. The van der Waals surface area contributed by atoms with Crippen LogP contribution in [0.1, 0.15) is 16.7 Å². The van der Waals surface area contributed by atoms with Crippen molar-refractivity contribution in [2.45, 2.75) is 31.2 Å². The highest BCUT2D eigenvalue weighted by Gasteiger charge is 2.27. The number of hydrogen-bond acceptors (Lipinski definition) is 5. The molecule has 0 bridgehead atoms. The van der Waals surface area contributed by atoms with Crippen molar-refractivity contribution in [3.63, 3.8) is 0 Å². The van der Waals surface area contributed by atoms with E-state index in [4.69, 9.17) is 9.47 Å². The van der Waals surface area contributed by atoms with E-state index in [2.05, 4.69) is 10.0 Å². The number of ether oxygens (including phenoxy) is 2. The summed E-state index contributed by atoms with van der Waals surface area (Å²) < 4.78 is 39.3. The normalized spacial score (nSPS) is 12.1. The first-order valence-electron chi connectivity index (χ1n) is 10.4. The van der Waals surface area contributed by atoms with E-state index in [1.54, 1.807) is 0 Å². The van der Waals surface area contributed by atoms with Crippen LogP contribution in [-0.2, 0) is 21.2 Å². The Morgan fingerprint density at radius 1 is 0.909 bits per heavy atom. The van der Waals surface area contributed by atoms with Crippen LogP contribution in [0.2, 0.25) is 0 Å². The molecule has 7 nitrogen and oxygen atoms in total. The summed E-state index contributed by atoms with van der Waals surface area (Å²) in [5.74, 6) is 0.236. The minimum Gasteiger partial charge on any atom is -0.493 e. The third kappa shape index (κ3) is 6.12. The van der Waals surface area contributed by atoms with Crippen LogP contribution in [0.15, 0.2) is 71.6 Å². The Balaban J connectivity index is 1.91. The number of rotatable bonds is 9. The molecule has 0 aliphatic carbocycles. The minimum atomic E-state index is -4.04. The maximum absolute atomic E-state index is 13.2. The second kappa shape index (κ2) is 10.5. The molecule has 0 fully saturated rings. The van der Waals surface area contributed by atoms with Gasteiger partial charge in [-0.3, -0.25) is 4.79 Å². The molecule has 0 aliphatic rings. The molecule has 0 saturated carbocycles. The molecule has 174 valence electrons. The number of sulfonamides is 1. The second-order valence-corrected chi connectivity index (χ2v) is 9.40. The Bertz CT molecular complexity index is 1230. The number of carbonyl (C=O) groups is 1. The molecule has 0 saturated heterocycles. The topological polar surface area (TPSA) is 93.7 Å². The van der Waals surface area contributed by atoms with E-state index < -0.39 is 22.0 Å². The molecule has 0 spiro atoms. The second-order valence-electron chi connectivity index (χ2n) is 7.69. The van der Waals surface area contributed by atoms with Crippen LogP contribution in [0.25, 0.3) is 0 Å². The van der Waals surface area contributed by atoms with Crippen molar-refractivity contribution in [2.75, 3.05) is 19.5 Å². The molecule has 0 aromatic heterocycles. The van der Waals surface area contributed by atoms with Crippen molar-refractivity contribution >= 4 is 21.6 Å². The Hall–Kier alpha value is -3.36. The van der Waals surface area contributed by atoms with E-state index in [0.717, 1.165) is 16.7 Å². The third-order valence-electron chi connectivity index (χ3n) is 5.20. The van der Waals surface area contributed by atoms with Gasteiger partial charge < -0.3 is 14.8 Å². The molecule has 3 aromatic carbocycles. The fourth-order valence-electron chi connectivity index (χ4n) is 3.45. The molecule has 1 atom stereocenters. The number of carbonyl (C=O) groups excluding carboxylic acids is 1. The van der Waals surface area contributed by atoms with Gasteiger partial charge in [-0.25, -0.2) is 8.42 Å². The Morgan fingerprint density at radius 2 is 1.61 bits per heavy atom. The van der Waals surface area contributed by atoms with Gasteiger partial charge in [-0.1, -0.05) is 48.0 Å². The van der Waals surface area contributed by atoms with Gasteiger partial charge in [-0.2, -0.15) is 4.72 Å². The first-order valence-corrected chi connectivity index (χ1v) is 11.9. The molecule has 3 aromatic rings. The van der Waals surface area contributed by atoms with E-state index in [1.165, 1.54) is 32.4 Å². The van der Waals surface area contributed by atoms with Crippen LogP contribution in [0.5, 0.6) is 11.5 Å². The van der Waals surface area contributed by atoms with Crippen molar-refractivity contribution in [2.24, 2.45) is 0 Å². The van der Waals surface area contributed by atoms with Crippen LogP contribution in [0.4, 0.5) is 5.69 Å². The van der Waals surface area contributed by atoms with E-state index in [9.17, 15) is 13.2 Å². The quantitative estimate of drug-likeness (QED) is 0.498. The Labute approximate surface area is 194 Å². The predicted molar refractivity (Wildman–Crippen MR) is 128 cm³/mol. The molecule has 0 unspecified atom stereocenters. The van der Waals surface area contributed by atoms with Gasteiger partial charge >= 0.3 is 0 Å². The van der Waals surface area contributed by atoms with Crippen LogP contribution in [-0.4, -0.2) is 34.6 Å². The average molecular weight is 469 g/mol. The minimum absolute atomic E-state index is 0.0301. The highest BCUT2D eigenvalue weighted by Crippen LogP contribution is 2.29. The van der Waals surface area contributed by atoms with Crippen LogP contribution < -0.4 is 19.5 Å². The summed E-state index contributed by atoms with van der Waals surface area (Å²) >= 11 is 0. The summed E-state index contributed by atoms with van der Waals surface area (Å²) in [6.45, 7) is 3.86. The maximum atomic E-state index is 13.2. The van der Waals surface area contributed by atoms with E-state index in [-0.39, 0.29) is 17.1 Å². The summed E-state index contributed by atoms with van der Waals surface area (Å²) in [4.78, 5) is 13.2. The zero-order valence-electron chi connectivity index (χ0n) is 19.1. The zero-order chi connectivity index (χ0) is 24.0. The predicted octanol–water partition coefficient (Wildman–Crippen LogP) is 3.85. The lowest BCUT2D eigenvalue weighted by atomic mass is 10.1. The molecule has 3 rings (SSSR count). The van der Waals surface area contributed by atoms with Crippen LogP contribution >= 0.6 is 0 Å². The van der Waals surface area contributed by atoms with Crippen molar-refractivity contribution in [3.8, 4) is 11.5 Å². The summed E-state index contributed by atoms with van der Waals surface area (Å²) in [5.41, 5.74) is 3.42. The Morgan fingerprint density at radius 3 is 2.24 bits per heavy atom. The van der Waals surface area contributed by atoms with Gasteiger partial charge in [-0.05, 0) is 49.6 Å². The van der Waals surface area contributed by atoms with E-state index in [0.29, 0.717) is 11.4 Å².